The second kappa shape index (κ2) is 4.04. The number of rotatable bonds is 3. The SMILES string of the molecule is O=C(O)CCn1ncc(Cl)cc1=O. The average Bonchev–Trinajstić information content (AvgIpc) is 2.02. The normalized spacial score (nSPS) is 9.92. The molecule has 1 rings (SSSR count). The van der Waals surface area contributed by atoms with Crippen molar-refractivity contribution in [3.8, 4) is 0 Å². The van der Waals surface area contributed by atoms with Crippen LogP contribution in [0.1, 0.15) is 6.42 Å². The van der Waals surface area contributed by atoms with E-state index in [0.717, 1.165) is 4.68 Å². The minimum Gasteiger partial charge on any atom is -0.481 e. The first-order valence-corrected chi connectivity index (χ1v) is 3.92. The van der Waals surface area contributed by atoms with Gasteiger partial charge in [-0.05, 0) is 0 Å². The molecule has 0 aliphatic heterocycles. The van der Waals surface area contributed by atoms with Crippen molar-refractivity contribution >= 4 is 17.6 Å². The highest BCUT2D eigenvalue weighted by atomic mass is 35.5. The number of halogens is 1. The van der Waals surface area contributed by atoms with E-state index in [-0.39, 0.29) is 18.0 Å². The second-order valence-corrected chi connectivity index (χ2v) is 2.82. The van der Waals surface area contributed by atoms with Crippen molar-refractivity contribution in [1.29, 1.82) is 0 Å². The number of carboxylic acid groups (broad SMARTS) is 1. The standard InChI is InChI=1S/C7H7ClN2O3/c8-5-3-6(11)10(9-4-5)2-1-7(12)13/h3-4H,1-2H2,(H,12,13). The summed E-state index contributed by atoms with van der Waals surface area (Å²) in [5.74, 6) is -0.969. The molecule has 0 aromatic carbocycles. The molecule has 0 saturated heterocycles. The Morgan fingerprint density at radius 1 is 1.69 bits per heavy atom. The van der Waals surface area contributed by atoms with E-state index in [1.807, 2.05) is 0 Å². The van der Waals surface area contributed by atoms with Crippen molar-refractivity contribution < 1.29 is 9.90 Å². The van der Waals surface area contributed by atoms with E-state index in [1.165, 1.54) is 12.3 Å². The fraction of sp³-hybridized carbons (Fsp3) is 0.286. The van der Waals surface area contributed by atoms with E-state index in [0.29, 0.717) is 0 Å². The Bertz CT molecular complexity index is 374. The number of nitrogens with zero attached hydrogens (tertiary/aromatic N) is 2. The molecule has 13 heavy (non-hydrogen) atoms. The molecule has 1 aromatic rings. The van der Waals surface area contributed by atoms with Crippen LogP contribution in [0.15, 0.2) is 17.1 Å². The van der Waals surface area contributed by atoms with E-state index in [4.69, 9.17) is 16.7 Å². The Kier molecular flexibility index (Phi) is 3.02. The van der Waals surface area contributed by atoms with Gasteiger partial charge >= 0.3 is 5.97 Å². The van der Waals surface area contributed by atoms with E-state index >= 15 is 0 Å². The van der Waals surface area contributed by atoms with Crippen LogP contribution in [-0.2, 0) is 11.3 Å². The molecule has 0 atom stereocenters. The summed E-state index contributed by atoms with van der Waals surface area (Å²) in [5, 5.41) is 12.3. The average molecular weight is 203 g/mol. The van der Waals surface area contributed by atoms with Gasteiger partial charge in [-0.25, -0.2) is 4.68 Å². The third-order valence-corrected chi connectivity index (χ3v) is 1.58. The Hall–Kier alpha value is -1.36. The van der Waals surface area contributed by atoms with Crippen LogP contribution in [-0.4, -0.2) is 20.9 Å². The lowest BCUT2D eigenvalue weighted by Crippen LogP contribution is -2.22. The van der Waals surface area contributed by atoms with Crippen LogP contribution in [0.2, 0.25) is 5.02 Å². The summed E-state index contributed by atoms with van der Waals surface area (Å²) >= 11 is 5.49. The predicted octanol–water partition coefficient (Wildman–Crippen LogP) is 0.371. The third kappa shape index (κ3) is 2.87. The van der Waals surface area contributed by atoms with Crippen LogP contribution in [0.5, 0.6) is 0 Å². The van der Waals surface area contributed by atoms with E-state index in [2.05, 4.69) is 5.10 Å². The molecule has 0 amide bonds. The molecule has 70 valence electrons. The van der Waals surface area contributed by atoms with Gasteiger partial charge in [0, 0.05) is 6.07 Å². The molecule has 6 heteroatoms. The fourth-order valence-electron chi connectivity index (χ4n) is 0.781. The monoisotopic (exact) mass is 202 g/mol. The number of aryl methyl sites for hydroxylation is 1. The zero-order valence-electron chi connectivity index (χ0n) is 6.61. The van der Waals surface area contributed by atoms with Crippen LogP contribution in [0.25, 0.3) is 0 Å². The molecule has 0 fully saturated rings. The van der Waals surface area contributed by atoms with Crippen molar-refractivity contribution in [3.05, 3.63) is 27.6 Å². The van der Waals surface area contributed by atoms with Crippen molar-refractivity contribution in [2.45, 2.75) is 13.0 Å². The van der Waals surface area contributed by atoms with Crippen LogP contribution in [0.4, 0.5) is 0 Å². The zero-order valence-corrected chi connectivity index (χ0v) is 7.36. The van der Waals surface area contributed by atoms with Crippen molar-refractivity contribution in [3.63, 3.8) is 0 Å². The molecular formula is C7H7ClN2O3. The molecule has 0 aliphatic rings. The third-order valence-electron chi connectivity index (χ3n) is 1.37. The van der Waals surface area contributed by atoms with Crippen LogP contribution < -0.4 is 5.56 Å². The van der Waals surface area contributed by atoms with Gasteiger partial charge in [0.1, 0.15) is 0 Å². The largest absolute Gasteiger partial charge is 0.481 e. The molecule has 0 unspecified atom stereocenters. The van der Waals surface area contributed by atoms with Gasteiger partial charge < -0.3 is 5.11 Å². The number of carboxylic acids is 1. The highest BCUT2D eigenvalue weighted by Crippen LogP contribution is 1.99. The lowest BCUT2D eigenvalue weighted by Gasteiger charge is -2.00. The van der Waals surface area contributed by atoms with Gasteiger partial charge in [0.2, 0.25) is 0 Å². The zero-order chi connectivity index (χ0) is 9.84. The number of carbonyl (C=O) groups is 1. The van der Waals surface area contributed by atoms with Crippen molar-refractivity contribution in [1.82, 2.24) is 9.78 Å². The van der Waals surface area contributed by atoms with Crippen molar-refractivity contribution in [2.24, 2.45) is 0 Å². The molecule has 0 bridgehead atoms. The van der Waals surface area contributed by atoms with Crippen LogP contribution in [0.3, 0.4) is 0 Å². The summed E-state index contributed by atoms with van der Waals surface area (Å²) in [5.41, 5.74) is -0.395. The molecule has 1 heterocycles. The van der Waals surface area contributed by atoms with Crippen molar-refractivity contribution in [2.75, 3.05) is 0 Å². The summed E-state index contributed by atoms with van der Waals surface area (Å²) in [6.07, 6.45) is 1.17. The lowest BCUT2D eigenvalue weighted by atomic mass is 10.4. The molecule has 0 aliphatic carbocycles. The minimum atomic E-state index is -0.969. The highest BCUT2D eigenvalue weighted by molar-refractivity contribution is 6.30. The van der Waals surface area contributed by atoms with E-state index in [1.54, 1.807) is 0 Å². The Morgan fingerprint density at radius 2 is 2.38 bits per heavy atom. The Morgan fingerprint density at radius 3 is 2.92 bits per heavy atom. The maximum Gasteiger partial charge on any atom is 0.305 e. The number of hydrogen-bond acceptors (Lipinski definition) is 3. The van der Waals surface area contributed by atoms with Gasteiger partial charge in [-0.1, -0.05) is 11.6 Å². The van der Waals surface area contributed by atoms with Gasteiger partial charge in [-0.15, -0.1) is 0 Å². The second-order valence-electron chi connectivity index (χ2n) is 2.38. The summed E-state index contributed by atoms with van der Waals surface area (Å²) in [6.45, 7) is 0.0608. The first kappa shape index (κ1) is 9.73. The van der Waals surface area contributed by atoms with Gasteiger partial charge in [0.05, 0.1) is 24.2 Å². The molecule has 1 aromatic heterocycles. The summed E-state index contributed by atoms with van der Waals surface area (Å²) in [6, 6.07) is 1.19. The fourth-order valence-corrected chi connectivity index (χ4v) is 0.918. The molecular weight excluding hydrogens is 196 g/mol. The van der Waals surface area contributed by atoms with Gasteiger partial charge in [0.15, 0.2) is 0 Å². The number of aliphatic carboxylic acids is 1. The maximum atomic E-state index is 11.1. The number of hydrogen-bond donors (Lipinski definition) is 1. The molecule has 1 N–H and O–H groups in total. The molecule has 0 spiro atoms. The van der Waals surface area contributed by atoms with Gasteiger partial charge in [-0.3, -0.25) is 9.59 Å². The van der Waals surface area contributed by atoms with Crippen LogP contribution in [0, 0.1) is 0 Å². The summed E-state index contributed by atoms with van der Waals surface area (Å²) in [4.78, 5) is 21.3. The van der Waals surface area contributed by atoms with Gasteiger partial charge in [0.25, 0.3) is 5.56 Å². The smallest absolute Gasteiger partial charge is 0.305 e. The molecule has 5 nitrogen and oxygen atoms in total. The predicted molar refractivity (Wildman–Crippen MR) is 45.8 cm³/mol. The van der Waals surface area contributed by atoms with Gasteiger partial charge in [-0.2, -0.15) is 5.10 Å². The number of aromatic nitrogens is 2. The van der Waals surface area contributed by atoms with Crippen LogP contribution >= 0.6 is 11.6 Å². The van der Waals surface area contributed by atoms with E-state index < -0.39 is 11.5 Å². The highest BCUT2D eigenvalue weighted by Gasteiger charge is 2.01. The molecule has 0 radical (unpaired) electrons. The quantitative estimate of drug-likeness (QED) is 0.769. The topological polar surface area (TPSA) is 72.2 Å². The Balaban J connectivity index is 2.78. The summed E-state index contributed by atoms with van der Waals surface area (Å²) < 4.78 is 1.06. The lowest BCUT2D eigenvalue weighted by molar-refractivity contribution is -0.137. The van der Waals surface area contributed by atoms with E-state index in [9.17, 15) is 9.59 Å². The molecule has 0 saturated carbocycles. The Labute approximate surface area is 78.6 Å². The minimum absolute atomic E-state index is 0.0608. The summed E-state index contributed by atoms with van der Waals surface area (Å²) in [7, 11) is 0. The first-order chi connectivity index (χ1) is 6.09. The first-order valence-electron chi connectivity index (χ1n) is 3.54. The maximum absolute atomic E-state index is 11.1.